The van der Waals surface area contributed by atoms with Crippen LogP contribution in [0.15, 0.2) is 41.1 Å². The molecule has 2 aliphatic rings. The quantitative estimate of drug-likeness (QED) is 0.515. The number of aliphatic carboxylic acids is 2. The van der Waals surface area contributed by atoms with Gasteiger partial charge in [0.15, 0.2) is 0 Å². The van der Waals surface area contributed by atoms with E-state index in [0.29, 0.717) is 29.7 Å². The number of carbonyl (C=O) groups excluding carboxylic acids is 1. The lowest BCUT2D eigenvalue weighted by molar-refractivity contribution is -0.193. The number of furan rings is 1. The fraction of sp³-hybridized carbons (Fsp3) is 0.500. The molecule has 2 fully saturated rings. The fourth-order valence-electron chi connectivity index (χ4n) is 4.14. The van der Waals surface area contributed by atoms with E-state index in [2.05, 4.69) is 16.9 Å². The van der Waals surface area contributed by atoms with E-state index in [4.69, 9.17) is 29.0 Å². The lowest BCUT2D eigenvalue weighted by atomic mass is 9.75. The molecule has 4 rings (SSSR count). The van der Waals surface area contributed by atoms with Crippen LogP contribution in [0.2, 0.25) is 0 Å². The number of halogens is 6. The van der Waals surface area contributed by atoms with Crippen molar-refractivity contribution in [1.82, 2.24) is 14.8 Å². The number of nitrogens with zero attached hydrogens (tertiary/aromatic N) is 3. The first-order valence-electron chi connectivity index (χ1n) is 11.6. The van der Waals surface area contributed by atoms with Gasteiger partial charge in [-0.1, -0.05) is 6.07 Å². The monoisotopic (exact) mass is 583 g/mol. The number of carbonyl (C=O) groups is 3. The Balaban J connectivity index is 0.000000333. The van der Waals surface area contributed by atoms with Crippen LogP contribution in [0.4, 0.5) is 26.3 Å². The summed E-state index contributed by atoms with van der Waals surface area (Å²) in [5.41, 5.74) is 0.748. The zero-order chi connectivity index (χ0) is 30.3. The van der Waals surface area contributed by atoms with E-state index < -0.39 is 24.3 Å². The molecule has 4 heterocycles. The van der Waals surface area contributed by atoms with E-state index in [1.54, 1.807) is 18.5 Å². The Morgan fingerprint density at radius 3 is 2.10 bits per heavy atom. The van der Waals surface area contributed by atoms with Crippen molar-refractivity contribution in [2.45, 2.75) is 37.7 Å². The summed E-state index contributed by atoms with van der Waals surface area (Å²) < 4.78 is 74.6. The van der Waals surface area contributed by atoms with Gasteiger partial charge in [0.05, 0.1) is 24.0 Å². The van der Waals surface area contributed by atoms with Crippen LogP contribution >= 0.6 is 0 Å². The number of rotatable bonds is 4. The number of aromatic nitrogens is 1. The van der Waals surface area contributed by atoms with Crippen molar-refractivity contribution in [3.63, 3.8) is 0 Å². The third-order valence-electron chi connectivity index (χ3n) is 6.29. The van der Waals surface area contributed by atoms with Gasteiger partial charge in [-0.05, 0) is 51.4 Å². The van der Waals surface area contributed by atoms with E-state index >= 15 is 0 Å². The molecule has 0 aromatic carbocycles. The maximum absolute atomic E-state index is 12.6. The minimum absolute atomic E-state index is 0.0714. The average Bonchev–Trinajstić information content (AvgIpc) is 3.28. The minimum Gasteiger partial charge on any atom is -0.477 e. The predicted octanol–water partition coefficient (Wildman–Crippen LogP) is 3.87. The van der Waals surface area contributed by atoms with Crippen LogP contribution in [0.5, 0.6) is 5.88 Å². The van der Waals surface area contributed by atoms with Gasteiger partial charge in [0.2, 0.25) is 5.88 Å². The first kappa shape index (κ1) is 32.4. The Morgan fingerprint density at radius 1 is 1.07 bits per heavy atom. The largest absolute Gasteiger partial charge is 0.490 e. The maximum Gasteiger partial charge on any atom is 0.490 e. The molecule has 2 N–H and O–H groups in total. The first-order valence-corrected chi connectivity index (χ1v) is 11.6. The van der Waals surface area contributed by atoms with Crippen LogP contribution in [0.3, 0.4) is 0 Å². The van der Waals surface area contributed by atoms with Crippen LogP contribution in [-0.4, -0.2) is 94.0 Å². The number of ether oxygens (including phenoxy) is 1. The van der Waals surface area contributed by atoms with E-state index in [1.165, 1.54) is 0 Å². The molecule has 1 atom stereocenters. The van der Waals surface area contributed by atoms with Crippen LogP contribution < -0.4 is 4.74 Å². The van der Waals surface area contributed by atoms with E-state index in [-0.39, 0.29) is 11.4 Å². The van der Waals surface area contributed by atoms with Gasteiger partial charge in [-0.3, -0.25) is 9.69 Å². The average molecular weight is 583 g/mol. The summed E-state index contributed by atoms with van der Waals surface area (Å²) in [7, 11) is 2.17. The minimum atomic E-state index is -5.08. The lowest BCUT2D eigenvalue weighted by Crippen LogP contribution is -2.72. The molecular formula is C24H27F6N3O7. The molecule has 1 amide bonds. The van der Waals surface area contributed by atoms with Gasteiger partial charge in [0.25, 0.3) is 5.91 Å². The van der Waals surface area contributed by atoms with Gasteiger partial charge in [-0.2, -0.15) is 26.3 Å². The summed E-state index contributed by atoms with van der Waals surface area (Å²) in [4.78, 5) is 39.0. The number of likely N-dealkylation sites (tertiary alicyclic amines) is 2. The van der Waals surface area contributed by atoms with Crippen LogP contribution in [0, 0.1) is 12.8 Å². The van der Waals surface area contributed by atoms with Crippen LogP contribution in [0.25, 0.3) is 0 Å². The standard InChI is InChI=1S/C20H25N3O3.2C2HF3O2/c1-15-17(7-10-25-15)19(24)23-13-20(14-23)11-16(6-9-22(20)2)12-26-18-5-3-4-8-21-18;2*3-2(4,5)1(6)7/h3-5,7-8,10,16H,6,9,11-14H2,1-2H3;2*(H,6,7). The van der Waals surface area contributed by atoms with Crippen molar-refractivity contribution in [3.05, 3.63) is 48.0 Å². The SMILES string of the molecule is Cc1occc1C(=O)N1CC2(CC(COc3ccccn3)CCN2C)C1.O=C(O)C(F)(F)F.O=C(O)C(F)(F)F. The van der Waals surface area contributed by atoms with Crippen molar-refractivity contribution >= 4 is 17.8 Å². The normalized spacial score (nSPS) is 18.4. The van der Waals surface area contributed by atoms with Gasteiger partial charge < -0.3 is 24.3 Å². The molecule has 1 spiro atoms. The Morgan fingerprint density at radius 2 is 1.65 bits per heavy atom. The van der Waals surface area contributed by atoms with Crippen molar-refractivity contribution < 1.29 is 60.1 Å². The third-order valence-corrected chi connectivity index (χ3v) is 6.29. The molecule has 2 aromatic heterocycles. The number of hydrogen-bond donors (Lipinski definition) is 2. The molecule has 40 heavy (non-hydrogen) atoms. The highest BCUT2D eigenvalue weighted by Crippen LogP contribution is 2.39. The predicted molar refractivity (Wildman–Crippen MR) is 125 cm³/mol. The summed E-state index contributed by atoms with van der Waals surface area (Å²) in [5.74, 6) is -3.58. The Bertz CT molecular complexity index is 1120. The lowest BCUT2D eigenvalue weighted by Gasteiger charge is -2.58. The van der Waals surface area contributed by atoms with Gasteiger partial charge in [-0.25, -0.2) is 14.6 Å². The smallest absolute Gasteiger partial charge is 0.477 e. The second kappa shape index (κ2) is 13.0. The number of amides is 1. The second-order valence-corrected chi connectivity index (χ2v) is 9.14. The molecule has 2 aliphatic heterocycles. The van der Waals surface area contributed by atoms with E-state index in [9.17, 15) is 31.1 Å². The summed E-state index contributed by atoms with van der Waals surface area (Å²) in [6.07, 6.45) is -4.68. The maximum atomic E-state index is 12.6. The summed E-state index contributed by atoms with van der Waals surface area (Å²) in [6, 6.07) is 7.48. The highest BCUT2D eigenvalue weighted by atomic mass is 19.4. The summed E-state index contributed by atoms with van der Waals surface area (Å²) in [6.45, 7) is 5.09. The van der Waals surface area contributed by atoms with Crippen molar-refractivity contribution in [2.24, 2.45) is 5.92 Å². The van der Waals surface area contributed by atoms with Crippen molar-refractivity contribution in [3.8, 4) is 5.88 Å². The highest BCUT2D eigenvalue weighted by molar-refractivity contribution is 5.95. The number of pyridine rings is 1. The zero-order valence-corrected chi connectivity index (χ0v) is 21.3. The summed E-state index contributed by atoms with van der Waals surface area (Å²) >= 11 is 0. The second-order valence-electron chi connectivity index (χ2n) is 9.14. The van der Waals surface area contributed by atoms with Crippen molar-refractivity contribution in [1.29, 1.82) is 0 Å². The number of carboxylic acids is 2. The third kappa shape index (κ3) is 8.86. The number of piperidine rings is 1. The zero-order valence-electron chi connectivity index (χ0n) is 21.3. The van der Waals surface area contributed by atoms with E-state index in [0.717, 1.165) is 32.5 Å². The van der Waals surface area contributed by atoms with Gasteiger partial charge in [0.1, 0.15) is 5.76 Å². The summed E-state index contributed by atoms with van der Waals surface area (Å²) in [5, 5.41) is 14.2. The molecule has 2 aromatic rings. The molecule has 0 aliphatic carbocycles. The first-order chi connectivity index (χ1) is 18.5. The molecule has 0 radical (unpaired) electrons. The van der Waals surface area contributed by atoms with E-state index in [1.807, 2.05) is 30.0 Å². The Labute approximate surface area is 224 Å². The topological polar surface area (TPSA) is 133 Å². The number of likely N-dealkylation sites (N-methyl/N-ethyl adjacent to an activating group) is 1. The molecule has 16 heteroatoms. The Kier molecular flexibility index (Phi) is 10.5. The molecule has 0 bridgehead atoms. The van der Waals surface area contributed by atoms with Crippen LogP contribution in [-0.2, 0) is 9.59 Å². The molecule has 222 valence electrons. The van der Waals surface area contributed by atoms with Gasteiger partial charge in [-0.15, -0.1) is 0 Å². The number of alkyl halides is 6. The molecule has 2 saturated heterocycles. The number of hydrogen-bond acceptors (Lipinski definition) is 7. The van der Waals surface area contributed by atoms with Crippen LogP contribution in [0.1, 0.15) is 29.0 Å². The Hall–Kier alpha value is -3.82. The molecule has 10 nitrogen and oxygen atoms in total. The van der Waals surface area contributed by atoms with Crippen molar-refractivity contribution in [2.75, 3.05) is 33.3 Å². The molecular weight excluding hydrogens is 556 g/mol. The highest BCUT2D eigenvalue weighted by Gasteiger charge is 2.51. The fourth-order valence-corrected chi connectivity index (χ4v) is 4.14. The number of aryl methyl sites for hydroxylation is 1. The molecule has 0 saturated carbocycles. The number of carboxylic acid groups (broad SMARTS) is 2. The molecule has 1 unspecified atom stereocenters. The van der Waals surface area contributed by atoms with Gasteiger partial charge >= 0.3 is 24.3 Å². The van der Waals surface area contributed by atoms with Gasteiger partial charge in [0, 0.05) is 25.4 Å².